The number of rotatable bonds is 3. The third-order valence-corrected chi connectivity index (χ3v) is 2.54. The van der Waals surface area contributed by atoms with Crippen LogP contribution in [0.1, 0.15) is 23.0 Å². The first-order valence-corrected chi connectivity index (χ1v) is 5.22. The van der Waals surface area contributed by atoms with Crippen LogP contribution in [-0.2, 0) is 6.18 Å². The molecule has 18 heavy (non-hydrogen) atoms. The number of halogens is 3. The van der Waals surface area contributed by atoms with Gasteiger partial charge in [-0.3, -0.25) is 5.10 Å². The van der Waals surface area contributed by atoms with Crippen molar-refractivity contribution in [3.8, 4) is 0 Å². The smallest absolute Gasteiger partial charge is 0.307 e. The van der Waals surface area contributed by atoms with E-state index in [0.717, 1.165) is 12.1 Å². The topological polar surface area (TPSA) is 53.6 Å². The molecule has 0 amide bonds. The van der Waals surface area contributed by atoms with Crippen molar-refractivity contribution in [2.45, 2.75) is 12.2 Å². The molecule has 2 aromatic rings. The van der Waals surface area contributed by atoms with Crippen molar-refractivity contribution in [1.82, 2.24) is 20.5 Å². The van der Waals surface area contributed by atoms with Gasteiger partial charge in [0.25, 0.3) is 0 Å². The van der Waals surface area contributed by atoms with Crippen molar-refractivity contribution in [2.24, 2.45) is 0 Å². The molecule has 0 radical (unpaired) electrons. The number of benzene rings is 1. The molecule has 96 valence electrons. The lowest BCUT2D eigenvalue weighted by atomic mass is 10.0. The summed E-state index contributed by atoms with van der Waals surface area (Å²) in [5.41, 5.74) is -0.205. The van der Waals surface area contributed by atoms with Crippen LogP contribution in [0.25, 0.3) is 0 Å². The maximum absolute atomic E-state index is 12.6. The van der Waals surface area contributed by atoms with Crippen LogP contribution in [-0.4, -0.2) is 22.2 Å². The van der Waals surface area contributed by atoms with Crippen molar-refractivity contribution in [2.75, 3.05) is 7.05 Å². The van der Waals surface area contributed by atoms with Gasteiger partial charge < -0.3 is 5.32 Å². The SMILES string of the molecule is CNC(c1cccc(C(F)(F)F)c1)c1ncn[nH]1. The number of hydrogen-bond donors (Lipinski definition) is 2. The average Bonchev–Trinajstić information content (AvgIpc) is 2.83. The molecule has 2 N–H and O–H groups in total. The van der Waals surface area contributed by atoms with Crippen LogP contribution in [0.3, 0.4) is 0 Å². The Morgan fingerprint density at radius 3 is 2.67 bits per heavy atom. The van der Waals surface area contributed by atoms with Gasteiger partial charge in [0, 0.05) is 0 Å². The summed E-state index contributed by atoms with van der Waals surface area (Å²) in [6.07, 6.45) is -3.04. The predicted molar refractivity (Wildman–Crippen MR) is 58.7 cm³/mol. The summed E-state index contributed by atoms with van der Waals surface area (Å²) in [6, 6.07) is 4.67. The number of H-pyrrole nitrogens is 1. The van der Waals surface area contributed by atoms with E-state index in [4.69, 9.17) is 0 Å². The van der Waals surface area contributed by atoms with Gasteiger partial charge in [0.05, 0.1) is 11.6 Å². The van der Waals surface area contributed by atoms with Crippen LogP contribution in [0.15, 0.2) is 30.6 Å². The zero-order valence-corrected chi connectivity index (χ0v) is 9.49. The van der Waals surface area contributed by atoms with E-state index in [1.807, 2.05) is 0 Å². The Balaban J connectivity index is 2.38. The van der Waals surface area contributed by atoms with Crippen molar-refractivity contribution < 1.29 is 13.2 Å². The van der Waals surface area contributed by atoms with Gasteiger partial charge in [0.15, 0.2) is 0 Å². The van der Waals surface area contributed by atoms with E-state index in [-0.39, 0.29) is 0 Å². The van der Waals surface area contributed by atoms with Crippen molar-refractivity contribution in [3.05, 3.63) is 47.5 Å². The van der Waals surface area contributed by atoms with Crippen LogP contribution in [0.2, 0.25) is 0 Å². The summed E-state index contributed by atoms with van der Waals surface area (Å²) in [5.74, 6) is 0.469. The monoisotopic (exact) mass is 256 g/mol. The number of hydrogen-bond acceptors (Lipinski definition) is 3. The molecule has 1 aromatic heterocycles. The van der Waals surface area contributed by atoms with Crippen LogP contribution in [0.4, 0.5) is 13.2 Å². The number of nitrogens with zero attached hydrogens (tertiary/aromatic N) is 2. The van der Waals surface area contributed by atoms with Crippen molar-refractivity contribution in [1.29, 1.82) is 0 Å². The molecule has 0 aliphatic heterocycles. The zero-order chi connectivity index (χ0) is 13.2. The molecule has 0 spiro atoms. The Hall–Kier alpha value is -1.89. The summed E-state index contributed by atoms with van der Waals surface area (Å²) in [5, 5.41) is 9.23. The quantitative estimate of drug-likeness (QED) is 0.884. The molecule has 1 heterocycles. The number of nitrogens with one attached hydrogen (secondary N) is 2. The van der Waals surface area contributed by atoms with Gasteiger partial charge >= 0.3 is 6.18 Å². The van der Waals surface area contributed by atoms with Gasteiger partial charge in [-0.25, -0.2) is 4.98 Å². The molecule has 0 aliphatic carbocycles. The van der Waals surface area contributed by atoms with Crippen LogP contribution in [0.5, 0.6) is 0 Å². The average molecular weight is 256 g/mol. The molecule has 0 fully saturated rings. The predicted octanol–water partition coefficient (Wildman–Crippen LogP) is 2.13. The lowest BCUT2D eigenvalue weighted by Crippen LogP contribution is -2.19. The molecule has 0 saturated carbocycles. The fraction of sp³-hybridized carbons (Fsp3) is 0.273. The fourth-order valence-electron chi connectivity index (χ4n) is 1.71. The second-order valence-electron chi connectivity index (χ2n) is 3.72. The van der Waals surface area contributed by atoms with Crippen LogP contribution in [0, 0.1) is 0 Å². The molecule has 2 rings (SSSR count). The lowest BCUT2D eigenvalue weighted by Gasteiger charge is -2.15. The lowest BCUT2D eigenvalue weighted by molar-refractivity contribution is -0.137. The molecule has 0 saturated heterocycles. The van der Waals surface area contributed by atoms with E-state index < -0.39 is 17.8 Å². The Morgan fingerprint density at radius 2 is 2.11 bits per heavy atom. The largest absolute Gasteiger partial charge is 0.416 e. The van der Waals surface area contributed by atoms with Crippen molar-refractivity contribution in [3.63, 3.8) is 0 Å². The van der Waals surface area contributed by atoms with Gasteiger partial charge in [-0.05, 0) is 24.7 Å². The molecule has 1 atom stereocenters. The third kappa shape index (κ3) is 2.51. The highest BCUT2D eigenvalue weighted by atomic mass is 19.4. The third-order valence-electron chi connectivity index (χ3n) is 2.54. The first-order valence-electron chi connectivity index (χ1n) is 5.22. The summed E-state index contributed by atoms with van der Waals surface area (Å²) in [7, 11) is 1.65. The minimum Gasteiger partial charge on any atom is -0.307 e. The Bertz CT molecular complexity index is 507. The van der Waals surface area contributed by atoms with E-state index in [1.165, 1.54) is 12.4 Å². The first-order chi connectivity index (χ1) is 8.52. The zero-order valence-electron chi connectivity index (χ0n) is 9.49. The van der Waals surface area contributed by atoms with Crippen molar-refractivity contribution >= 4 is 0 Å². The summed E-state index contributed by atoms with van der Waals surface area (Å²) < 4.78 is 37.9. The molecule has 0 bridgehead atoms. The second kappa shape index (κ2) is 4.77. The standard InChI is InChI=1S/C11H11F3N4/c1-15-9(10-16-6-17-18-10)7-3-2-4-8(5-7)11(12,13)14/h2-6,9,15H,1H3,(H,16,17,18). The molecular weight excluding hydrogens is 245 g/mol. The first kappa shape index (κ1) is 12.6. The van der Waals surface area contributed by atoms with Crippen LogP contribution >= 0.6 is 0 Å². The highest BCUT2D eigenvalue weighted by Gasteiger charge is 2.31. The molecule has 1 unspecified atom stereocenters. The minimum atomic E-state index is -4.35. The van der Waals surface area contributed by atoms with E-state index in [9.17, 15) is 13.2 Å². The highest BCUT2D eigenvalue weighted by Crippen LogP contribution is 2.31. The summed E-state index contributed by atoms with van der Waals surface area (Å²) in [6.45, 7) is 0. The molecule has 4 nitrogen and oxygen atoms in total. The number of aromatic nitrogens is 3. The molecular formula is C11H11F3N4. The maximum Gasteiger partial charge on any atom is 0.416 e. The Labute approximate surface area is 101 Å². The molecule has 1 aromatic carbocycles. The normalized spacial score (nSPS) is 13.6. The van der Waals surface area contributed by atoms with E-state index in [2.05, 4.69) is 20.5 Å². The minimum absolute atomic E-state index is 0.449. The highest BCUT2D eigenvalue weighted by molar-refractivity contribution is 5.30. The van der Waals surface area contributed by atoms with E-state index in [0.29, 0.717) is 11.4 Å². The molecule has 7 heteroatoms. The van der Waals surface area contributed by atoms with Gasteiger partial charge in [-0.2, -0.15) is 18.3 Å². The van der Waals surface area contributed by atoms with Crippen LogP contribution < -0.4 is 5.32 Å². The Kier molecular flexibility index (Phi) is 3.33. The summed E-state index contributed by atoms with van der Waals surface area (Å²) in [4.78, 5) is 3.95. The Morgan fingerprint density at radius 1 is 1.33 bits per heavy atom. The van der Waals surface area contributed by atoms with E-state index in [1.54, 1.807) is 13.1 Å². The second-order valence-corrected chi connectivity index (χ2v) is 3.72. The van der Waals surface area contributed by atoms with Gasteiger partial charge in [-0.1, -0.05) is 12.1 Å². The molecule has 0 aliphatic rings. The van der Waals surface area contributed by atoms with E-state index >= 15 is 0 Å². The maximum atomic E-state index is 12.6. The van der Waals surface area contributed by atoms with Gasteiger partial charge in [0.2, 0.25) is 0 Å². The fourth-order valence-corrected chi connectivity index (χ4v) is 1.71. The summed E-state index contributed by atoms with van der Waals surface area (Å²) >= 11 is 0. The van der Waals surface area contributed by atoms with Gasteiger partial charge in [0.1, 0.15) is 12.2 Å². The van der Waals surface area contributed by atoms with Gasteiger partial charge in [-0.15, -0.1) is 0 Å². The number of alkyl halides is 3. The number of aromatic amines is 1.